The highest BCUT2D eigenvalue weighted by Crippen LogP contribution is 2.11. The topological polar surface area (TPSA) is 95.2 Å². The fourth-order valence-electron chi connectivity index (χ4n) is 1.19. The zero-order valence-corrected chi connectivity index (χ0v) is 9.37. The molecule has 0 unspecified atom stereocenters. The lowest BCUT2D eigenvalue weighted by Crippen LogP contribution is -2.25. The third kappa shape index (κ3) is 3.20. The molecule has 0 spiro atoms. The summed E-state index contributed by atoms with van der Waals surface area (Å²) in [5.41, 5.74) is 3.98. The minimum Gasteiger partial charge on any atom is -0.278 e. The van der Waals surface area contributed by atoms with E-state index in [1.54, 1.807) is 24.5 Å². The predicted molar refractivity (Wildman–Crippen MR) is 60.2 cm³/mol. The SMILES string of the molecule is O=S(=O)(O)C=[N+]1C=CC(c2ncccn2)=CN1. The van der Waals surface area contributed by atoms with Crippen molar-refractivity contribution in [1.29, 1.82) is 0 Å². The highest BCUT2D eigenvalue weighted by atomic mass is 32.2. The maximum absolute atomic E-state index is 10.6. The van der Waals surface area contributed by atoms with E-state index in [0.717, 1.165) is 4.68 Å². The summed E-state index contributed by atoms with van der Waals surface area (Å²) in [5.74, 6) is 0.516. The van der Waals surface area contributed by atoms with Gasteiger partial charge in [-0.1, -0.05) is 4.68 Å². The van der Waals surface area contributed by atoms with Gasteiger partial charge in [0.2, 0.25) is 6.20 Å². The Balaban J connectivity index is 2.21. The van der Waals surface area contributed by atoms with Crippen LogP contribution in [0.25, 0.3) is 5.57 Å². The Morgan fingerprint density at radius 1 is 1.35 bits per heavy atom. The van der Waals surface area contributed by atoms with Gasteiger partial charge in [-0.25, -0.2) is 9.97 Å². The minimum atomic E-state index is -4.18. The number of rotatable bonds is 2. The molecule has 0 aliphatic carbocycles. The molecule has 1 aromatic rings. The molecular formula is C9H9N4O3S+. The number of hydrogen-bond acceptors (Lipinski definition) is 5. The Hall–Kier alpha value is -2.06. The van der Waals surface area contributed by atoms with Crippen LogP contribution >= 0.6 is 0 Å². The number of allylic oxidation sites excluding steroid dienone is 2. The molecular weight excluding hydrogens is 244 g/mol. The molecule has 7 nitrogen and oxygen atoms in total. The maximum atomic E-state index is 10.6. The summed E-state index contributed by atoms with van der Waals surface area (Å²) in [4.78, 5) is 8.07. The summed E-state index contributed by atoms with van der Waals surface area (Å²) in [6.07, 6.45) is 7.78. The molecule has 0 aromatic carbocycles. The lowest BCUT2D eigenvalue weighted by Gasteiger charge is -2.04. The van der Waals surface area contributed by atoms with Gasteiger partial charge in [-0.05, 0) is 6.07 Å². The second-order valence-corrected chi connectivity index (χ2v) is 4.39. The van der Waals surface area contributed by atoms with Crippen LogP contribution in [0, 0.1) is 0 Å². The van der Waals surface area contributed by atoms with E-state index >= 15 is 0 Å². The van der Waals surface area contributed by atoms with Gasteiger partial charge in [0, 0.05) is 24.0 Å². The number of hydrazone groups is 1. The molecule has 8 heteroatoms. The van der Waals surface area contributed by atoms with Gasteiger partial charge in [-0.15, -0.1) is 0 Å². The number of nitrogens with one attached hydrogen (secondary N) is 1. The molecule has 2 N–H and O–H groups in total. The van der Waals surface area contributed by atoms with Crippen molar-refractivity contribution in [3.63, 3.8) is 0 Å². The van der Waals surface area contributed by atoms with E-state index in [4.69, 9.17) is 4.55 Å². The summed E-state index contributed by atoms with van der Waals surface area (Å²) < 4.78 is 30.9. The number of aromatic nitrogens is 2. The highest BCUT2D eigenvalue weighted by molar-refractivity contribution is 7.99. The third-order valence-corrected chi connectivity index (χ3v) is 2.35. The van der Waals surface area contributed by atoms with Gasteiger partial charge in [0.05, 0.1) is 6.20 Å². The summed E-state index contributed by atoms with van der Waals surface area (Å²) >= 11 is 0. The lowest BCUT2D eigenvalue weighted by molar-refractivity contribution is -0.504. The van der Waals surface area contributed by atoms with E-state index in [1.807, 2.05) is 0 Å². The van der Waals surface area contributed by atoms with Gasteiger partial charge in [0.15, 0.2) is 5.82 Å². The third-order valence-electron chi connectivity index (χ3n) is 1.85. The molecule has 2 rings (SSSR count). The van der Waals surface area contributed by atoms with Crippen LogP contribution in [-0.2, 0) is 10.1 Å². The Bertz CT molecular complexity index is 604. The Morgan fingerprint density at radius 2 is 2.06 bits per heavy atom. The molecule has 1 aliphatic heterocycles. The van der Waals surface area contributed by atoms with Crippen LogP contribution in [0.1, 0.15) is 5.82 Å². The summed E-state index contributed by atoms with van der Waals surface area (Å²) in [6.45, 7) is 0. The first-order valence-corrected chi connectivity index (χ1v) is 6.07. The van der Waals surface area contributed by atoms with Crippen molar-refractivity contribution in [3.8, 4) is 0 Å². The fraction of sp³-hybridized carbons (Fsp3) is 0. The van der Waals surface area contributed by atoms with Crippen LogP contribution in [0.15, 0.2) is 36.9 Å². The highest BCUT2D eigenvalue weighted by Gasteiger charge is 2.13. The molecule has 1 aromatic heterocycles. The van der Waals surface area contributed by atoms with Crippen LogP contribution in [0.4, 0.5) is 0 Å². The monoisotopic (exact) mass is 253 g/mol. The minimum absolute atomic E-state index is 0.516. The number of hydrazine groups is 1. The van der Waals surface area contributed by atoms with E-state index in [2.05, 4.69) is 15.4 Å². The normalized spacial score (nSPS) is 17.7. The predicted octanol–water partition coefficient (Wildman–Crippen LogP) is -0.222. The molecule has 2 heterocycles. The van der Waals surface area contributed by atoms with Crippen LogP contribution in [0.5, 0.6) is 0 Å². The van der Waals surface area contributed by atoms with Crippen LogP contribution in [0.2, 0.25) is 0 Å². The van der Waals surface area contributed by atoms with Crippen molar-refractivity contribution in [2.75, 3.05) is 0 Å². The van der Waals surface area contributed by atoms with Crippen molar-refractivity contribution in [2.45, 2.75) is 0 Å². The van der Waals surface area contributed by atoms with E-state index in [9.17, 15) is 8.42 Å². The molecule has 0 atom stereocenters. The standard InChI is InChI=1S/C9H8N4O3S/c14-17(15,16)7-13-5-2-8(6-12-13)9-10-3-1-4-11-9/h1-7,12H/p+1. The average Bonchev–Trinajstić information content (AvgIpc) is 2.29. The largest absolute Gasteiger partial charge is 0.350 e. The Kier molecular flexibility index (Phi) is 2.98. The van der Waals surface area contributed by atoms with Gasteiger partial charge < -0.3 is 0 Å². The van der Waals surface area contributed by atoms with Gasteiger partial charge in [-0.3, -0.25) is 4.55 Å². The van der Waals surface area contributed by atoms with Crippen LogP contribution < -0.4 is 5.43 Å². The molecule has 88 valence electrons. The summed E-state index contributed by atoms with van der Waals surface area (Å²) in [6, 6.07) is 1.70. The maximum Gasteiger partial charge on any atom is 0.350 e. The van der Waals surface area contributed by atoms with E-state index in [-0.39, 0.29) is 0 Å². The first-order chi connectivity index (χ1) is 8.04. The molecule has 0 saturated heterocycles. The van der Waals surface area contributed by atoms with Gasteiger partial charge >= 0.3 is 15.7 Å². The van der Waals surface area contributed by atoms with Crippen molar-refractivity contribution in [3.05, 3.63) is 42.8 Å². The van der Waals surface area contributed by atoms with Crippen molar-refractivity contribution < 1.29 is 17.7 Å². The molecule has 0 saturated carbocycles. The summed E-state index contributed by atoms with van der Waals surface area (Å²) in [7, 11) is -4.18. The first-order valence-electron chi connectivity index (χ1n) is 4.57. The van der Waals surface area contributed by atoms with Gasteiger partial charge in [-0.2, -0.15) is 13.8 Å². The van der Waals surface area contributed by atoms with Gasteiger partial charge in [0.25, 0.3) is 0 Å². The Labute approximate surface area is 97.6 Å². The van der Waals surface area contributed by atoms with Crippen molar-refractivity contribution in [1.82, 2.24) is 15.4 Å². The Morgan fingerprint density at radius 3 is 2.59 bits per heavy atom. The molecule has 0 fully saturated rings. The fourth-order valence-corrected chi connectivity index (χ4v) is 1.61. The average molecular weight is 253 g/mol. The number of hydrogen-bond donors (Lipinski definition) is 2. The van der Waals surface area contributed by atoms with Gasteiger partial charge in [0.1, 0.15) is 0 Å². The van der Waals surface area contributed by atoms with E-state index < -0.39 is 10.1 Å². The lowest BCUT2D eigenvalue weighted by atomic mass is 10.2. The van der Waals surface area contributed by atoms with E-state index in [0.29, 0.717) is 16.9 Å². The van der Waals surface area contributed by atoms with Crippen molar-refractivity contribution >= 4 is 21.2 Å². The second kappa shape index (κ2) is 4.44. The molecule has 1 aliphatic rings. The quantitative estimate of drug-likeness (QED) is 0.430. The molecule has 17 heavy (non-hydrogen) atoms. The van der Waals surface area contributed by atoms with Crippen molar-refractivity contribution in [2.24, 2.45) is 0 Å². The number of nitrogens with zero attached hydrogens (tertiary/aromatic N) is 3. The first kappa shape index (κ1) is 11.4. The molecule has 0 amide bonds. The zero-order chi connectivity index (χ0) is 12.3. The van der Waals surface area contributed by atoms with Crippen LogP contribution in [-0.4, -0.2) is 33.2 Å². The van der Waals surface area contributed by atoms with E-state index in [1.165, 1.54) is 12.4 Å². The zero-order valence-electron chi connectivity index (χ0n) is 8.56. The molecule has 0 radical (unpaired) electrons. The smallest absolute Gasteiger partial charge is 0.278 e. The second-order valence-electron chi connectivity index (χ2n) is 3.14. The molecule has 0 bridgehead atoms. The summed E-state index contributed by atoms with van der Waals surface area (Å²) in [5, 5.41) is 0. The van der Waals surface area contributed by atoms with Crippen LogP contribution in [0.3, 0.4) is 0 Å².